The van der Waals surface area contributed by atoms with Gasteiger partial charge in [-0.05, 0) is 67.3 Å². The number of hydrogen-bond acceptors (Lipinski definition) is 7. The number of benzene rings is 2. The number of amides is 3. The van der Waals surface area contributed by atoms with E-state index in [0.717, 1.165) is 42.6 Å². The first-order valence-corrected chi connectivity index (χ1v) is 14.0. The lowest BCUT2D eigenvalue weighted by molar-refractivity contribution is -0.160. The molecule has 1 N–H and O–H groups in total. The van der Waals surface area contributed by atoms with E-state index in [0.29, 0.717) is 17.9 Å². The van der Waals surface area contributed by atoms with Crippen molar-refractivity contribution >= 4 is 35.3 Å². The second-order valence-corrected chi connectivity index (χ2v) is 10.9. The van der Waals surface area contributed by atoms with Gasteiger partial charge in [-0.2, -0.15) is 0 Å². The molecule has 0 aromatic heterocycles. The number of hydrogen-bond donors (Lipinski definition) is 1. The molecule has 0 radical (unpaired) electrons. The summed E-state index contributed by atoms with van der Waals surface area (Å²) in [5.41, 5.74) is 1.56. The van der Waals surface area contributed by atoms with E-state index in [2.05, 4.69) is 5.32 Å². The summed E-state index contributed by atoms with van der Waals surface area (Å²) in [6.07, 6.45) is 4.59. The Balaban J connectivity index is 1.22. The predicted molar refractivity (Wildman–Crippen MR) is 145 cm³/mol. The maximum absolute atomic E-state index is 13.4. The summed E-state index contributed by atoms with van der Waals surface area (Å²) >= 11 is 0. The number of carbonyl (C=O) groups excluding carboxylic acids is 5. The normalized spacial score (nSPS) is 23.6. The van der Waals surface area contributed by atoms with Gasteiger partial charge in [-0.15, -0.1) is 0 Å². The smallest absolute Gasteiger partial charge is 0.338 e. The van der Waals surface area contributed by atoms with E-state index >= 15 is 0 Å². The summed E-state index contributed by atoms with van der Waals surface area (Å²) in [4.78, 5) is 65.9. The van der Waals surface area contributed by atoms with Crippen LogP contribution >= 0.6 is 0 Å². The number of nitrogens with zero attached hydrogens (tertiary/aromatic N) is 1. The number of ether oxygens (including phenoxy) is 2. The Labute approximate surface area is 233 Å². The molecule has 2 aliphatic carbocycles. The highest BCUT2D eigenvalue weighted by Crippen LogP contribution is 2.56. The molecule has 3 aliphatic rings. The number of imide groups is 1. The molecule has 2 aromatic rings. The first-order valence-electron chi connectivity index (χ1n) is 14.0. The van der Waals surface area contributed by atoms with Crippen molar-refractivity contribution in [2.24, 2.45) is 23.7 Å². The molecule has 0 unspecified atom stereocenters. The Kier molecular flexibility index (Phi) is 8.28. The predicted octanol–water partition coefficient (Wildman–Crippen LogP) is 3.77. The van der Waals surface area contributed by atoms with Crippen LogP contribution in [0.2, 0.25) is 0 Å². The van der Waals surface area contributed by atoms with Crippen LogP contribution in [0, 0.1) is 23.7 Å². The SMILES string of the molecule is CCCCOC(=O)c1ccc(NC(=O)COC(=O)[C@H](Cc2ccccc2)N2C(=O)[C@@H]3[C@H]4CC[C@@H](C4)[C@@H]3C2=O)cc1. The van der Waals surface area contributed by atoms with Gasteiger partial charge in [0, 0.05) is 12.1 Å². The van der Waals surface area contributed by atoms with Crippen LogP contribution < -0.4 is 5.32 Å². The number of rotatable bonds is 11. The van der Waals surface area contributed by atoms with Gasteiger partial charge in [0.15, 0.2) is 6.61 Å². The van der Waals surface area contributed by atoms with Crippen molar-refractivity contribution in [2.75, 3.05) is 18.5 Å². The number of carbonyl (C=O) groups is 5. The summed E-state index contributed by atoms with van der Waals surface area (Å²) in [5.74, 6) is -2.72. The molecule has 40 heavy (non-hydrogen) atoms. The zero-order valence-electron chi connectivity index (χ0n) is 22.5. The molecule has 5 atom stereocenters. The minimum absolute atomic E-state index is 0.114. The highest BCUT2D eigenvalue weighted by Gasteiger charge is 2.62. The van der Waals surface area contributed by atoms with Crippen LogP contribution in [0.25, 0.3) is 0 Å². The molecular formula is C31H34N2O7. The Morgan fingerprint density at radius 1 is 0.925 bits per heavy atom. The van der Waals surface area contributed by atoms with Crippen molar-refractivity contribution in [1.82, 2.24) is 4.90 Å². The van der Waals surface area contributed by atoms with Gasteiger partial charge in [0.25, 0.3) is 5.91 Å². The lowest BCUT2D eigenvalue weighted by Gasteiger charge is -2.26. The molecule has 9 nitrogen and oxygen atoms in total. The first-order chi connectivity index (χ1) is 19.4. The van der Waals surface area contributed by atoms with Gasteiger partial charge >= 0.3 is 11.9 Å². The molecule has 210 valence electrons. The maximum atomic E-state index is 13.4. The fourth-order valence-corrected chi connectivity index (χ4v) is 6.37. The van der Waals surface area contributed by atoms with E-state index in [1.54, 1.807) is 24.3 Å². The maximum Gasteiger partial charge on any atom is 0.338 e. The van der Waals surface area contributed by atoms with Crippen molar-refractivity contribution in [3.63, 3.8) is 0 Å². The average Bonchev–Trinajstić information content (AvgIpc) is 3.65. The van der Waals surface area contributed by atoms with Crippen LogP contribution in [0.5, 0.6) is 0 Å². The zero-order chi connectivity index (χ0) is 28.2. The van der Waals surface area contributed by atoms with Crippen molar-refractivity contribution in [3.8, 4) is 0 Å². The van der Waals surface area contributed by atoms with E-state index in [4.69, 9.17) is 9.47 Å². The summed E-state index contributed by atoms with van der Waals surface area (Å²) in [7, 11) is 0. The molecule has 2 aromatic carbocycles. The van der Waals surface area contributed by atoms with Gasteiger partial charge < -0.3 is 14.8 Å². The number of nitrogens with one attached hydrogen (secondary N) is 1. The molecule has 3 amide bonds. The van der Waals surface area contributed by atoms with Crippen molar-refractivity contribution < 1.29 is 33.4 Å². The summed E-state index contributed by atoms with van der Waals surface area (Å²) in [6, 6.07) is 14.2. The molecule has 9 heteroatoms. The topological polar surface area (TPSA) is 119 Å². The third kappa shape index (κ3) is 5.64. The molecular weight excluding hydrogens is 512 g/mol. The Morgan fingerprint density at radius 3 is 2.20 bits per heavy atom. The fraction of sp³-hybridized carbons (Fsp3) is 0.452. The molecule has 1 saturated heterocycles. The second kappa shape index (κ2) is 12.0. The van der Waals surface area contributed by atoms with Gasteiger partial charge in [-0.3, -0.25) is 19.3 Å². The quantitative estimate of drug-likeness (QED) is 0.259. The minimum Gasteiger partial charge on any atom is -0.462 e. The summed E-state index contributed by atoms with van der Waals surface area (Å²) < 4.78 is 10.5. The molecule has 0 spiro atoms. The van der Waals surface area contributed by atoms with Crippen LogP contribution in [-0.2, 0) is 35.1 Å². The van der Waals surface area contributed by atoms with E-state index in [-0.39, 0.29) is 41.9 Å². The number of anilines is 1. The third-order valence-electron chi connectivity index (χ3n) is 8.30. The van der Waals surface area contributed by atoms with E-state index in [1.807, 2.05) is 37.3 Å². The number of unbranched alkanes of at least 4 members (excludes halogenated alkanes) is 1. The molecule has 2 bridgehead atoms. The van der Waals surface area contributed by atoms with Crippen molar-refractivity contribution in [3.05, 3.63) is 65.7 Å². The minimum atomic E-state index is -1.14. The Bertz CT molecular complexity index is 1250. The largest absolute Gasteiger partial charge is 0.462 e. The van der Waals surface area contributed by atoms with Gasteiger partial charge in [-0.1, -0.05) is 43.7 Å². The van der Waals surface area contributed by atoms with Crippen LogP contribution in [0.3, 0.4) is 0 Å². The third-order valence-corrected chi connectivity index (χ3v) is 8.30. The fourth-order valence-electron chi connectivity index (χ4n) is 6.37. The number of fused-ring (bicyclic) bond motifs is 5. The number of likely N-dealkylation sites (tertiary alicyclic amines) is 1. The van der Waals surface area contributed by atoms with Gasteiger partial charge in [0.05, 0.1) is 24.0 Å². The highest BCUT2D eigenvalue weighted by molar-refractivity contribution is 6.08. The lowest BCUT2D eigenvalue weighted by Crippen LogP contribution is -2.48. The Morgan fingerprint density at radius 2 is 1.57 bits per heavy atom. The highest BCUT2D eigenvalue weighted by atomic mass is 16.5. The lowest BCUT2D eigenvalue weighted by atomic mass is 9.81. The van der Waals surface area contributed by atoms with Crippen LogP contribution in [-0.4, -0.2) is 53.8 Å². The van der Waals surface area contributed by atoms with Crippen molar-refractivity contribution in [1.29, 1.82) is 0 Å². The number of esters is 2. The standard InChI is InChI=1S/C31H34N2O7/c1-2-3-15-39-30(37)20-11-13-23(14-12-20)32-25(34)18-40-31(38)24(16-19-7-5-4-6-8-19)33-28(35)26-21-9-10-22(17-21)27(26)29(33)36/h4-8,11-14,21-22,24,26-27H,2-3,9-10,15-18H2,1H3,(H,32,34)/t21-,22-,24-,26-,27+/m0/s1. The summed E-state index contributed by atoms with van der Waals surface area (Å²) in [5, 5.41) is 2.63. The van der Waals surface area contributed by atoms with Crippen molar-refractivity contribution in [2.45, 2.75) is 51.5 Å². The van der Waals surface area contributed by atoms with Gasteiger partial charge in [-0.25, -0.2) is 9.59 Å². The molecule has 3 fully saturated rings. The van der Waals surface area contributed by atoms with Gasteiger partial charge in [0.1, 0.15) is 6.04 Å². The van der Waals surface area contributed by atoms with Crippen LogP contribution in [0.4, 0.5) is 5.69 Å². The molecule has 2 saturated carbocycles. The monoisotopic (exact) mass is 546 g/mol. The first kappa shape index (κ1) is 27.6. The molecule has 1 aliphatic heterocycles. The molecule has 5 rings (SSSR count). The van der Waals surface area contributed by atoms with Crippen LogP contribution in [0.1, 0.15) is 54.9 Å². The van der Waals surface area contributed by atoms with Crippen LogP contribution in [0.15, 0.2) is 54.6 Å². The van der Waals surface area contributed by atoms with E-state index in [1.165, 1.54) is 0 Å². The average molecular weight is 547 g/mol. The van der Waals surface area contributed by atoms with Gasteiger partial charge in [0.2, 0.25) is 11.8 Å². The van der Waals surface area contributed by atoms with E-state index < -0.39 is 30.5 Å². The zero-order valence-corrected chi connectivity index (χ0v) is 22.5. The second-order valence-electron chi connectivity index (χ2n) is 10.9. The summed E-state index contributed by atoms with van der Waals surface area (Å²) in [6.45, 7) is 1.77. The Hall–Kier alpha value is -4.01. The van der Waals surface area contributed by atoms with E-state index in [9.17, 15) is 24.0 Å². The molecule has 1 heterocycles.